The third kappa shape index (κ3) is 5.42. The number of sulfonamides is 1. The van der Waals surface area contributed by atoms with Crippen molar-refractivity contribution in [3.8, 4) is 0 Å². The fourth-order valence-electron chi connectivity index (χ4n) is 2.80. The zero-order valence-corrected chi connectivity index (χ0v) is 18.5. The fraction of sp³-hybridized carbons (Fsp3) is 0.0952. The number of halogens is 5. The Hall–Kier alpha value is -2.59. The Balaban J connectivity index is 1.93. The molecule has 0 aliphatic rings. The number of rotatable bonds is 7. The molecule has 0 spiro atoms. The second-order valence-electron chi connectivity index (χ2n) is 6.60. The van der Waals surface area contributed by atoms with E-state index in [1.54, 1.807) is 30.3 Å². The molecule has 168 valence electrons. The smallest absolute Gasteiger partial charge is 0.245 e. The van der Waals surface area contributed by atoms with Crippen molar-refractivity contribution in [1.82, 2.24) is 4.31 Å². The molecule has 0 fully saturated rings. The Kier molecular flexibility index (Phi) is 7.45. The molecule has 1 amide bonds. The van der Waals surface area contributed by atoms with E-state index in [0.717, 1.165) is 16.4 Å². The molecule has 11 heteroatoms. The first kappa shape index (κ1) is 24.1. The van der Waals surface area contributed by atoms with Crippen molar-refractivity contribution >= 4 is 44.8 Å². The predicted molar refractivity (Wildman–Crippen MR) is 115 cm³/mol. The van der Waals surface area contributed by atoms with Gasteiger partial charge in [-0.05, 0) is 35.9 Å². The minimum atomic E-state index is -4.34. The summed E-state index contributed by atoms with van der Waals surface area (Å²) in [5.74, 6) is -5.77. The van der Waals surface area contributed by atoms with E-state index in [2.05, 4.69) is 5.32 Å². The van der Waals surface area contributed by atoms with Gasteiger partial charge in [0.2, 0.25) is 15.9 Å². The number of hydrogen-bond donors (Lipinski definition) is 1. The SMILES string of the molecule is O=C(CN(Cc1ccccc1)S(=O)(=O)c1cc(Cl)ccc1Cl)Nc1ccc(F)c(F)c1F. The van der Waals surface area contributed by atoms with E-state index in [0.29, 0.717) is 11.6 Å². The monoisotopic (exact) mass is 502 g/mol. The van der Waals surface area contributed by atoms with Gasteiger partial charge < -0.3 is 5.32 Å². The number of carbonyl (C=O) groups is 1. The number of amides is 1. The van der Waals surface area contributed by atoms with Crippen LogP contribution in [-0.4, -0.2) is 25.2 Å². The lowest BCUT2D eigenvalue weighted by molar-refractivity contribution is -0.116. The first-order valence-corrected chi connectivity index (χ1v) is 11.2. The van der Waals surface area contributed by atoms with Crippen molar-refractivity contribution in [2.24, 2.45) is 0 Å². The van der Waals surface area contributed by atoms with Crippen molar-refractivity contribution in [2.45, 2.75) is 11.4 Å². The van der Waals surface area contributed by atoms with E-state index in [4.69, 9.17) is 23.2 Å². The van der Waals surface area contributed by atoms with Crippen LogP contribution < -0.4 is 5.32 Å². The molecule has 0 bridgehead atoms. The molecule has 1 N–H and O–H groups in total. The lowest BCUT2D eigenvalue weighted by atomic mass is 10.2. The van der Waals surface area contributed by atoms with Gasteiger partial charge in [0, 0.05) is 11.6 Å². The van der Waals surface area contributed by atoms with Crippen LogP contribution in [0.25, 0.3) is 0 Å². The summed E-state index contributed by atoms with van der Waals surface area (Å²) in [4.78, 5) is 12.2. The van der Waals surface area contributed by atoms with Gasteiger partial charge in [0.1, 0.15) is 4.90 Å². The van der Waals surface area contributed by atoms with Crippen molar-refractivity contribution in [3.05, 3.63) is 93.7 Å². The van der Waals surface area contributed by atoms with E-state index in [1.165, 1.54) is 12.1 Å². The number of benzene rings is 3. The topological polar surface area (TPSA) is 66.5 Å². The van der Waals surface area contributed by atoms with Gasteiger partial charge in [0.15, 0.2) is 17.5 Å². The molecule has 0 saturated heterocycles. The molecule has 3 aromatic carbocycles. The Morgan fingerprint density at radius 1 is 0.938 bits per heavy atom. The molecule has 0 unspecified atom stereocenters. The van der Waals surface area contributed by atoms with Crippen LogP contribution in [-0.2, 0) is 21.4 Å². The van der Waals surface area contributed by atoms with Gasteiger partial charge in [-0.25, -0.2) is 21.6 Å². The van der Waals surface area contributed by atoms with Crippen molar-refractivity contribution in [1.29, 1.82) is 0 Å². The molecule has 0 heterocycles. The van der Waals surface area contributed by atoms with E-state index in [1.807, 2.05) is 0 Å². The first-order valence-electron chi connectivity index (χ1n) is 9.02. The van der Waals surface area contributed by atoms with E-state index in [9.17, 15) is 26.4 Å². The predicted octanol–water partition coefficient (Wildman–Crippen LogP) is 5.24. The number of nitrogens with zero attached hydrogens (tertiary/aromatic N) is 1. The summed E-state index contributed by atoms with van der Waals surface area (Å²) in [6.07, 6.45) is 0. The largest absolute Gasteiger partial charge is 0.322 e. The van der Waals surface area contributed by atoms with Gasteiger partial charge in [-0.1, -0.05) is 53.5 Å². The van der Waals surface area contributed by atoms with Crippen LogP contribution in [0.1, 0.15) is 5.56 Å². The lowest BCUT2D eigenvalue weighted by Crippen LogP contribution is -2.37. The summed E-state index contributed by atoms with van der Waals surface area (Å²) in [6, 6.07) is 13.7. The van der Waals surface area contributed by atoms with Crippen LogP contribution in [0.15, 0.2) is 65.6 Å². The zero-order valence-electron chi connectivity index (χ0n) is 16.2. The zero-order chi connectivity index (χ0) is 23.5. The second-order valence-corrected chi connectivity index (χ2v) is 9.35. The highest BCUT2D eigenvalue weighted by Crippen LogP contribution is 2.29. The van der Waals surface area contributed by atoms with Crippen LogP contribution in [0, 0.1) is 17.5 Å². The van der Waals surface area contributed by atoms with Crippen molar-refractivity contribution in [3.63, 3.8) is 0 Å². The highest BCUT2D eigenvalue weighted by Gasteiger charge is 2.29. The summed E-state index contributed by atoms with van der Waals surface area (Å²) in [6.45, 7) is -0.988. The van der Waals surface area contributed by atoms with Crippen molar-refractivity contribution in [2.75, 3.05) is 11.9 Å². The Labute approximate surface area is 192 Å². The van der Waals surface area contributed by atoms with E-state index >= 15 is 0 Å². The number of nitrogens with one attached hydrogen (secondary N) is 1. The minimum Gasteiger partial charge on any atom is -0.322 e. The molecule has 5 nitrogen and oxygen atoms in total. The van der Waals surface area contributed by atoms with Gasteiger partial charge in [-0.15, -0.1) is 0 Å². The first-order chi connectivity index (χ1) is 15.1. The third-order valence-corrected chi connectivity index (χ3v) is 6.85. The van der Waals surface area contributed by atoms with Gasteiger partial charge in [0.25, 0.3) is 0 Å². The van der Waals surface area contributed by atoms with E-state index in [-0.39, 0.29) is 21.5 Å². The van der Waals surface area contributed by atoms with Crippen LogP contribution in [0.4, 0.5) is 18.9 Å². The Bertz CT molecular complexity index is 1260. The summed E-state index contributed by atoms with van der Waals surface area (Å²) in [5, 5.41) is 2.06. The van der Waals surface area contributed by atoms with Crippen LogP contribution in [0.5, 0.6) is 0 Å². The third-order valence-electron chi connectivity index (χ3n) is 4.34. The molecule has 3 rings (SSSR count). The fourth-order valence-corrected chi connectivity index (χ4v) is 4.92. The number of anilines is 1. The van der Waals surface area contributed by atoms with Crippen LogP contribution in [0.3, 0.4) is 0 Å². The molecular weight excluding hydrogens is 488 g/mol. The quantitative estimate of drug-likeness (QED) is 0.449. The maximum atomic E-state index is 13.9. The number of hydrogen-bond acceptors (Lipinski definition) is 3. The Morgan fingerprint density at radius 2 is 1.62 bits per heavy atom. The Morgan fingerprint density at radius 3 is 2.31 bits per heavy atom. The lowest BCUT2D eigenvalue weighted by Gasteiger charge is -2.23. The average molecular weight is 503 g/mol. The molecule has 0 saturated carbocycles. The minimum absolute atomic E-state index is 0.112. The van der Waals surface area contributed by atoms with Crippen LogP contribution >= 0.6 is 23.2 Å². The van der Waals surface area contributed by atoms with Gasteiger partial charge >= 0.3 is 0 Å². The second kappa shape index (κ2) is 9.91. The molecule has 3 aromatic rings. The van der Waals surface area contributed by atoms with Gasteiger partial charge in [-0.3, -0.25) is 4.79 Å². The summed E-state index contributed by atoms with van der Waals surface area (Å²) >= 11 is 12.0. The highest BCUT2D eigenvalue weighted by atomic mass is 35.5. The molecule has 32 heavy (non-hydrogen) atoms. The standard InChI is InChI=1S/C21H15Cl2F3N2O3S/c22-14-6-7-15(23)18(10-14)32(30,31)28(11-13-4-2-1-3-5-13)12-19(29)27-17-9-8-16(24)20(25)21(17)26/h1-10H,11-12H2,(H,27,29). The summed E-state index contributed by atoms with van der Waals surface area (Å²) in [7, 11) is -4.34. The molecule has 0 aromatic heterocycles. The highest BCUT2D eigenvalue weighted by molar-refractivity contribution is 7.89. The molecule has 0 atom stereocenters. The van der Waals surface area contributed by atoms with E-state index < -0.39 is 45.6 Å². The maximum Gasteiger partial charge on any atom is 0.245 e. The molecule has 0 aliphatic heterocycles. The molecule has 0 aliphatic carbocycles. The number of carbonyl (C=O) groups excluding carboxylic acids is 1. The molecule has 0 radical (unpaired) electrons. The normalized spacial score (nSPS) is 11.6. The average Bonchev–Trinajstić information content (AvgIpc) is 2.76. The summed E-state index contributed by atoms with van der Waals surface area (Å²) in [5.41, 5.74) is -0.0761. The molecular formula is C21H15Cl2F3N2O3S. The van der Waals surface area contributed by atoms with Gasteiger partial charge in [-0.2, -0.15) is 4.31 Å². The summed E-state index contributed by atoms with van der Waals surface area (Å²) < 4.78 is 67.9. The van der Waals surface area contributed by atoms with Gasteiger partial charge in [0.05, 0.1) is 17.3 Å². The maximum absolute atomic E-state index is 13.9. The van der Waals surface area contributed by atoms with Crippen molar-refractivity contribution < 1.29 is 26.4 Å². The van der Waals surface area contributed by atoms with Crippen LogP contribution in [0.2, 0.25) is 10.0 Å².